The van der Waals surface area contributed by atoms with Crippen LogP contribution < -0.4 is 0 Å². The summed E-state index contributed by atoms with van der Waals surface area (Å²) in [4.78, 5) is 16.4. The Kier molecular flexibility index (Phi) is 3.10. The quantitative estimate of drug-likeness (QED) is 0.705. The number of carbonyl (C=O) groups is 1. The van der Waals surface area contributed by atoms with Crippen molar-refractivity contribution in [2.45, 2.75) is 57.7 Å². The maximum atomic E-state index is 12.2. The van der Waals surface area contributed by atoms with Crippen molar-refractivity contribution in [3.8, 4) is 0 Å². The van der Waals surface area contributed by atoms with E-state index in [-0.39, 0.29) is 11.8 Å². The van der Waals surface area contributed by atoms with Gasteiger partial charge in [-0.1, -0.05) is 0 Å². The fraction of sp³-hybridized carbons (Fsp3) is 0.923. The van der Waals surface area contributed by atoms with Crippen LogP contribution in [0.1, 0.15) is 46.5 Å². The minimum atomic E-state index is -0.413. The molecule has 0 aliphatic carbocycles. The van der Waals surface area contributed by atoms with Gasteiger partial charge in [0.15, 0.2) is 0 Å². The number of rotatable bonds is 1. The van der Waals surface area contributed by atoms with Gasteiger partial charge in [0.2, 0.25) is 0 Å². The molecule has 0 aromatic rings. The van der Waals surface area contributed by atoms with E-state index < -0.39 is 5.60 Å². The molecule has 1 amide bonds. The largest absolute Gasteiger partial charge is 0.444 e. The van der Waals surface area contributed by atoms with Gasteiger partial charge in [-0.3, -0.25) is 9.80 Å². The third-order valence-electron chi connectivity index (χ3n) is 3.89. The Morgan fingerprint density at radius 2 is 1.76 bits per heavy atom. The molecule has 2 aliphatic rings. The lowest BCUT2D eigenvalue weighted by Crippen LogP contribution is -2.55. The first-order chi connectivity index (χ1) is 7.85. The van der Waals surface area contributed by atoms with Gasteiger partial charge in [0.05, 0.1) is 5.66 Å². The van der Waals surface area contributed by atoms with E-state index in [4.69, 9.17) is 4.74 Å². The number of carbonyl (C=O) groups excluding carboxylic acids is 1. The van der Waals surface area contributed by atoms with E-state index in [0.29, 0.717) is 0 Å². The van der Waals surface area contributed by atoms with Gasteiger partial charge in [-0.15, -0.1) is 0 Å². The smallest absolute Gasteiger partial charge is 0.411 e. The molecule has 0 saturated carbocycles. The number of fused-ring (bicyclic) bond motifs is 1. The Morgan fingerprint density at radius 3 is 2.24 bits per heavy atom. The summed E-state index contributed by atoms with van der Waals surface area (Å²) >= 11 is 0. The predicted molar refractivity (Wildman–Crippen MR) is 66.8 cm³/mol. The summed E-state index contributed by atoms with van der Waals surface area (Å²) in [5, 5.41) is 0. The van der Waals surface area contributed by atoms with Crippen molar-refractivity contribution in [3.63, 3.8) is 0 Å². The Morgan fingerprint density at radius 1 is 1.24 bits per heavy atom. The average Bonchev–Trinajstić information content (AvgIpc) is 2.71. The maximum absolute atomic E-state index is 12.2. The predicted octanol–water partition coefficient (Wildman–Crippen LogP) is 2.44. The molecule has 0 spiro atoms. The van der Waals surface area contributed by atoms with Crippen LogP contribution in [0.4, 0.5) is 4.79 Å². The molecule has 4 nitrogen and oxygen atoms in total. The molecular weight excluding hydrogens is 216 g/mol. The molecule has 2 aliphatic heterocycles. The summed E-state index contributed by atoms with van der Waals surface area (Å²) in [6.07, 6.45) is 4.36. The van der Waals surface area contributed by atoms with Crippen LogP contribution in [0.5, 0.6) is 0 Å². The fourth-order valence-electron chi connectivity index (χ4n) is 3.12. The molecule has 2 fully saturated rings. The van der Waals surface area contributed by atoms with Gasteiger partial charge in [0.1, 0.15) is 5.60 Å². The van der Waals surface area contributed by atoms with E-state index in [1.807, 2.05) is 32.7 Å². The molecule has 0 radical (unpaired) electrons. The zero-order valence-corrected chi connectivity index (χ0v) is 11.5. The molecule has 2 saturated heterocycles. The molecule has 0 unspecified atom stereocenters. The van der Waals surface area contributed by atoms with Crippen LogP contribution >= 0.6 is 0 Å². The summed E-state index contributed by atoms with van der Waals surface area (Å²) in [6, 6.07) is 0. The van der Waals surface area contributed by atoms with Crippen LogP contribution in [0.2, 0.25) is 0 Å². The maximum Gasteiger partial charge on any atom is 0.411 e. The monoisotopic (exact) mass is 240 g/mol. The molecule has 0 atom stereocenters. The Bertz CT molecular complexity index is 299. The van der Waals surface area contributed by atoms with Crippen LogP contribution in [0.15, 0.2) is 0 Å². The van der Waals surface area contributed by atoms with Crippen LogP contribution in [0.3, 0.4) is 0 Å². The summed E-state index contributed by atoms with van der Waals surface area (Å²) in [7, 11) is 1.89. The van der Waals surface area contributed by atoms with Gasteiger partial charge in [-0.25, -0.2) is 4.79 Å². The highest BCUT2D eigenvalue weighted by Crippen LogP contribution is 2.41. The molecule has 17 heavy (non-hydrogen) atoms. The molecule has 98 valence electrons. The second-order valence-corrected chi connectivity index (χ2v) is 6.22. The number of nitrogens with zero attached hydrogens (tertiary/aromatic N) is 2. The second-order valence-electron chi connectivity index (χ2n) is 6.22. The number of hydrogen-bond donors (Lipinski definition) is 0. The van der Waals surface area contributed by atoms with E-state index >= 15 is 0 Å². The minimum Gasteiger partial charge on any atom is -0.444 e. The van der Waals surface area contributed by atoms with Crippen LogP contribution in [-0.2, 0) is 4.74 Å². The normalized spacial score (nSPS) is 23.5. The number of ether oxygens (including phenoxy) is 1. The van der Waals surface area contributed by atoms with Crippen molar-refractivity contribution in [3.05, 3.63) is 0 Å². The summed E-state index contributed by atoms with van der Waals surface area (Å²) in [5.74, 6) is 0. The lowest BCUT2D eigenvalue weighted by atomic mass is 10.0. The first-order valence-corrected chi connectivity index (χ1v) is 6.57. The topological polar surface area (TPSA) is 32.8 Å². The third-order valence-corrected chi connectivity index (χ3v) is 3.89. The van der Waals surface area contributed by atoms with Gasteiger partial charge in [0, 0.05) is 20.1 Å². The number of amides is 1. The van der Waals surface area contributed by atoms with Gasteiger partial charge in [-0.2, -0.15) is 0 Å². The van der Waals surface area contributed by atoms with E-state index in [0.717, 1.165) is 25.9 Å². The first-order valence-electron chi connectivity index (χ1n) is 6.57. The molecule has 0 aromatic heterocycles. The van der Waals surface area contributed by atoms with Gasteiger partial charge in [0.25, 0.3) is 0 Å². The van der Waals surface area contributed by atoms with Gasteiger partial charge in [-0.05, 0) is 46.5 Å². The van der Waals surface area contributed by atoms with Crippen molar-refractivity contribution >= 4 is 6.09 Å². The summed E-state index contributed by atoms with van der Waals surface area (Å²) < 4.78 is 5.48. The van der Waals surface area contributed by atoms with Crippen molar-refractivity contribution in [1.29, 1.82) is 0 Å². The highest BCUT2D eigenvalue weighted by molar-refractivity contribution is 5.69. The third kappa shape index (κ3) is 2.28. The molecule has 0 aromatic carbocycles. The van der Waals surface area contributed by atoms with E-state index in [9.17, 15) is 4.79 Å². The molecule has 0 bridgehead atoms. The van der Waals surface area contributed by atoms with E-state index in [1.165, 1.54) is 12.8 Å². The second kappa shape index (κ2) is 4.16. The molecule has 2 rings (SSSR count). The van der Waals surface area contributed by atoms with Crippen LogP contribution in [0.25, 0.3) is 0 Å². The summed E-state index contributed by atoms with van der Waals surface area (Å²) in [5.41, 5.74) is -0.466. The Hall–Kier alpha value is -0.770. The van der Waals surface area contributed by atoms with Crippen molar-refractivity contribution < 1.29 is 9.53 Å². The zero-order chi connectivity index (χ0) is 12.7. The van der Waals surface area contributed by atoms with E-state index in [2.05, 4.69) is 4.90 Å². The van der Waals surface area contributed by atoms with Crippen molar-refractivity contribution in [2.75, 3.05) is 20.1 Å². The Labute approximate surface area is 104 Å². The highest BCUT2D eigenvalue weighted by atomic mass is 16.6. The SMILES string of the molecule is CN(C(=O)OC(C)(C)C)C12CCCN1CCC2. The summed E-state index contributed by atoms with van der Waals surface area (Å²) in [6.45, 7) is 7.98. The lowest BCUT2D eigenvalue weighted by molar-refractivity contribution is -0.0239. The van der Waals surface area contributed by atoms with Crippen molar-refractivity contribution in [2.24, 2.45) is 0 Å². The molecule has 4 heteroatoms. The highest BCUT2D eigenvalue weighted by Gasteiger charge is 2.49. The van der Waals surface area contributed by atoms with Crippen molar-refractivity contribution in [1.82, 2.24) is 9.80 Å². The molecule has 0 N–H and O–H groups in total. The molecule has 2 heterocycles. The number of hydrogen-bond acceptors (Lipinski definition) is 3. The molecular formula is C13H24N2O2. The standard InChI is InChI=1S/C13H24N2O2/c1-12(2,3)17-11(16)14(4)13-7-5-9-15(13)10-6-8-13/h5-10H2,1-4H3. The van der Waals surface area contributed by atoms with E-state index in [1.54, 1.807) is 0 Å². The van der Waals surface area contributed by atoms with Crippen LogP contribution in [0, 0.1) is 0 Å². The Balaban J connectivity index is 2.08. The van der Waals surface area contributed by atoms with Gasteiger partial charge < -0.3 is 4.74 Å². The lowest BCUT2D eigenvalue weighted by Gasteiger charge is -2.41. The zero-order valence-electron chi connectivity index (χ0n) is 11.5. The average molecular weight is 240 g/mol. The first kappa shape index (κ1) is 12.7. The minimum absolute atomic E-state index is 0.0532. The fourth-order valence-corrected chi connectivity index (χ4v) is 3.12. The van der Waals surface area contributed by atoms with Crippen LogP contribution in [-0.4, -0.2) is 47.3 Å². The van der Waals surface area contributed by atoms with Gasteiger partial charge >= 0.3 is 6.09 Å².